The topological polar surface area (TPSA) is 83.6 Å². The summed E-state index contributed by atoms with van der Waals surface area (Å²) < 4.78 is 11.7. The van der Waals surface area contributed by atoms with E-state index in [1.54, 1.807) is 0 Å². The molecule has 0 radical (unpaired) electrons. The van der Waals surface area contributed by atoms with E-state index in [0.29, 0.717) is 24.3 Å². The Morgan fingerprint density at radius 3 is 1.24 bits per heavy atom. The van der Waals surface area contributed by atoms with Crippen LogP contribution in [0.15, 0.2) is 58.8 Å². The average molecular weight is 525 g/mol. The van der Waals surface area contributed by atoms with Gasteiger partial charge in [-0.05, 0) is 98.2 Å². The Hall–Kier alpha value is -3.02. The number of hydrogen-bond donors (Lipinski definition) is 2. The molecule has 0 bridgehead atoms. The summed E-state index contributed by atoms with van der Waals surface area (Å²) in [6.07, 6.45) is 15.0. The van der Waals surface area contributed by atoms with E-state index in [0.717, 1.165) is 61.5 Å². The van der Waals surface area contributed by atoms with E-state index >= 15 is 0 Å². The molecule has 0 fully saturated rings. The van der Waals surface area contributed by atoms with Gasteiger partial charge in [0, 0.05) is 0 Å². The molecule has 0 aromatic heterocycles. The van der Waals surface area contributed by atoms with Crippen LogP contribution in [0, 0.1) is 0 Å². The van der Waals surface area contributed by atoms with Crippen LogP contribution in [0.2, 0.25) is 0 Å². The minimum atomic E-state index is 0.637. The van der Waals surface area contributed by atoms with Gasteiger partial charge < -0.3 is 19.9 Å². The van der Waals surface area contributed by atoms with Crippen molar-refractivity contribution in [3.05, 3.63) is 59.7 Å². The predicted octanol–water partition coefficient (Wildman–Crippen LogP) is 9.00. The molecule has 38 heavy (non-hydrogen) atoms. The Bertz CT molecular complexity index is 846. The third-order valence-electron chi connectivity index (χ3n) is 6.73. The van der Waals surface area contributed by atoms with Gasteiger partial charge in [0.25, 0.3) is 0 Å². The largest absolute Gasteiger partial charge is 0.494 e. The molecule has 210 valence electrons. The van der Waals surface area contributed by atoms with Crippen molar-refractivity contribution >= 4 is 11.4 Å². The molecule has 0 heterocycles. The quantitative estimate of drug-likeness (QED) is 0.0738. The highest BCUT2D eigenvalue weighted by Crippen LogP contribution is 2.19. The fourth-order valence-corrected chi connectivity index (χ4v) is 4.37. The molecule has 0 saturated carbocycles. The van der Waals surface area contributed by atoms with Crippen LogP contribution in [0.1, 0.15) is 115 Å². The molecule has 0 aliphatic carbocycles. The van der Waals surface area contributed by atoms with Crippen molar-refractivity contribution in [1.82, 2.24) is 0 Å². The Balaban J connectivity index is 1.70. The van der Waals surface area contributed by atoms with Gasteiger partial charge in [0.15, 0.2) is 0 Å². The lowest BCUT2D eigenvalue weighted by atomic mass is 10.0. The summed E-state index contributed by atoms with van der Waals surface area (Å²) >= 11 is 0. The number of rotatable bonds is 21. The summed E-state index contributed by atoms with van der Waals surface area (Å²) in [5, 5.41) is 26.1. The van der Waals surface area contributed by atoms with Gasteiger partial charge in [-0.3, -0.25) is 0 Å². The summed E-state index contributed by atoms with van der Waals surface area (Å²) in [4.78, 5) is 0. The first-order valence-corrected chi connectivity index (χ1v) is 14.6. The summed E-state index contributed by atoms with van der Waals surface area (Å²) in [5.74, 6) is 1.68. The van der Waals surface area contributed by atoms with Gasteiger partial charge in [-0.25, -0.2) is 0 Å². The molecule has 0 spiro atoms. The lowest BCUT2D eigenvalue weighted by Gasteiger charge is -2.10. The van der Waals surface area contributed by atoms with Crippen LogP contribution in [-0.2, 0) is 0 Å². The number of hydrogen-bond acceptors (Lipinski definition) is 6. The van der Waals surface area contributed by atoms with Crippen LogP contribution < -0.4 is 9.47 Å². The second-order valence-electron chi connectivity index (χ2n) is 9.87. The van der Waals surface area contributed by atoms with Gasteiger partial charge in [-0.1, -0.05) is 75.5 Å². The smallest absolute Gasteiger partial charge is 0.119 e. The number of benzene rings is 2. The van der Waals surface area contributed by atoms with Crippen molar-refractivity contribution < 1.29 is 19.9 Å². The lowest BCUT2D eigenvalue weighted by Crippen LogP contribution is -2.05. The molecule has 6 heteroatoms. The zero-order valence-corrected chi connectivity index (χ0v) is 23.5. The third-order valence-corrected chi connectivity index (χ3v) is 6.73. The van der Waals surface area contributed by atoms with Gasteiger partial charge in [0.2, 0.25) is 0 Å². The molecule has 0 amide bonds. The second kappa shape index (κ2) is 20.0. The van der Waals surface area contributed by atoms with Crippen LogP contribution in [0.4, 0.5) is 0 Å². The molecular weight excluding hydrogens is 476 g/mol. The summed E-state index contributed by atoms with van der Waals surface area (Å²) in [7, 11) is 0. The molecular formula is C32H48N2O4. The third kappa shape index (κ3) is 12.5. The minimum Gasteiger partial charge on any atom is -0.494 e. The van der Waals surface area contributed by atoms with Crippen LogP contribution in [0.3, 0.4) is 0 Å². The number of oxime groups is 2. The maximum absolute atomic E-state index is 9.55. The molecule has 0 aliphatic rings. The highest BCUT2D eigenvalue weighted by Gasteiger charge is 2.09. The summed E-state index contributed by atoms with van der Waals surface area (Å²) in [6.45, 7) is 5.90. The zero-order chi connectivity index (χ0) is 27.3. The molecule has 0 unspecified atom stereocenters. The summed E-state index contributed by atoms with van der Waals surface area (Å²) in [5.41, 5.74) is 3.07. The van der Waals surface area contributed by atoms with Crippen LogP contribution in [0.5, 0.6) is 11.5 Å². The highest BCUT2D eigenvalue weighted by atomic mass is 16.5. The van der Waals surface area contributed by atoms with E-state index in [4.69, 9.17) is 9.47 Å². The van der Waals surface area contributed by atoms with E-state index in [1.165, 1.54) is 51.4 Å². The fraction of sp³-hybridized carbons (Fsp3) is 0.562. The number of ether oxygens (including phenoxy) is 2. The fourth-order valence-electron chi connectivity index (χ4n) is 4.37. The maximum Gasteiger partial charge on any atom is 0.119 e. The summed E-state index contributed by atoms with van der Waals surface area (Å²) in [6, 6.07) is 15.5. The van der Waals surface area contributed by atoms with Crippen LogP contribution in [-0.4, -0.2) is 35.1 Å². The van der Waals surface area contributed by atoms with Gasteiger partial charge in [-0.15, -0.1) is 0 Å². The SMILES string of the molecule is CCCCCCCOc1ccc(/C(CCCC/C(=N\O)c2ccc(OCCCCCCC)cc2)=N/O)cc1. The number of nitrogens with zero attached hydrogens (tertiary/aromatic N) is 2. The molecule has 6 nitrogen and oxygen atoms in total. The molecule has 0 aliphatic heterocycles. The van der Waals surface area contributed by atoms with E-state index in [9.17, 15) is 10.4 Å². The van der Waals surface area contributed by atoms with Gasteiger partial charge >= 0.3 is 0 Å². The van der Waals surface area contributed by atoms with Gasteiger partial charge in [0.1, 0.15) is 11.5 Å². The molecule has 0 saturated heterocycles. The Labute approximate surface area is 229 Å². The van der Waals surface area contributed by atoms with Crippen molar-refractivity contribution in [3.63, 3.8) is 0 Å². The van der Waals surface area contributed by atoms with Gasteiger partial charge in [-0.2, -0.15) is 0 Å². The van der Waals surface area contributed by atoms with Crippen molar-refractivity contribution in [3.8, 4) is 11.5 Å². The standard InChI is InChI=1S/C32H48N2O4/c1-3-5-7-9-13-25-37-29-21-17-27(18-22-29)31(33-35)15-11-12-16-32(34-36)28-19-23-30(24-20-28)38-26-14-10-8-6-4-2/h17-24,35-36H,3-16,25-26H2,1-2H3/b33-31+,34-32+. The van der Waals surface area contributed by atoms with Crippen molar-refractivity contribution in [2.45, 2.75) is 104 Å². The molecule has 2 aromatic rings. The first-order chi connectivity index (χ1) is 18.7. The van der Waals surface area contributed by atoms with E-state index < -0.39 is 0 Å². The van der Waals surface area contributed by atoms with Crippen molar-refractivity contribution in [1.29, 1.82) is 0 Å². The highest BCUT2D eigenvalue weighted by molar-refractivity contribution is 6.01. The molecule has 2 N–H and O–H groups in total. The molecule has 2 rings (SSSR count). The monoisotopic (exact) mass is 524 g/mol. The Morgan fingerprint density at radius 2 is 0.895 bits per heavy atom. The minimum absolute atomic E-state index is 0.637. The molecule has 2 aromatic carbocycles. The van der Waals surface area contributed by atoms with Crippen LogP contribution >= 0.6 is 0 Å². The average Bonchev–Trinajstić information content (AvgIpc) is 2.95. The number of unbranched alkanes of at least 4 members (excludes halogenated alkanes) is 9. The Morgan fingerprint density at radius 1 is 0.526 bits per heavy atom. The lowest BCUT2D eigenvalue weighted by molar-refractivity contribution is 0.304. The van der Waals surface area contributed by atoms with E-state index in [-0.39, 0.29) is 0 Å². The normalized spacial score (nSPS) is 12.1. The first-order valence-electron chi connectivity index (χ1n) is 14.6. The predicted molar refractivity (Wildman–Crippen MR) is 157 cm³/mol. The second-order valence-corrected chi connectivity index (χ2v) is 9.87. The van der Waals surface area contributed by atoms with Gasteiger partial charge in [0.05, 0.1) is 24.6 Å². The van der Waals surface area contributed by atoms with Crippen LogP contribution in [0.25, 0.3) is 0 Å². The first kappa shape index (κ1) is 31.2. The van der Waals surface area contributed by atoms with Crippen molar-refractivity contribution in [2.24, 2.45) is 10.3 Å². The van der Waals surface area contributed by atoms with E-state index in [2.05, 4.69) is 24.2 Å². The zero-order valence-electron chi connectivity index (χ0n) is 23.5. The van der Waals surface area contributed by atoms with Crippen molar-refractivity contribution in [2.75, 3.05) is 13.2 Å². The Kier molecular flexibility index (Phi) is 16.4. The maximum atomic E-state index is 9.55. The van der Waals surface area contributed by atoms with E-state index in [1.807, 2.05) is 48.5 Å². The molecule has 0 atom stereocenters.